The van der Waals surface area contributed by atoms with E-state index < -0.39 is 0 Å². The zero-order valence-corrected chi connectivity index (χ0v) is 9.05. The maximum absolute atomic E-state index is 4.48. The van der Waals surface area contributed by atoms with Crippen LogP contribution in [-0.4, -0.2) is 5.10 Å². The van der Waals surface area contributed by atoms with Gasteiger partial charge in [-0.05, 0) is 15.4 Å². The van der Waals surface area contributed by atoms with E-state index in [9.17, 15) is 0 Å². The molecule has 2 nitrogen and oxygen atoms in total. The van der Waals surface area contributed by atoms with Gasteiger partial charge in [0.15, 0.2) is 5.01 Å². The third kappa shape index (κ3) is 1.93. The fraction of sp³-hybridized carbons (Fsp3) is 0.222. The second-order valence-corrected chi connectivity index (χ2v) is 4.88. The molecule has 13 heavy (non-hydrogen) atoms. The first-order valence-electron chi connectivity index (χ1n) is 4.21. The van der Waals surface area contributed by atoms with Crippen molar-refractivity contribution in [1.82, 2.24) is 5.10 Å². The van der Waals surface area contributed by atoms with Crippen molar-refractivity contribution in [2.24, 2.45) is 0 Å². The molecule has 0 atom stereocenters. The molecule has 0 aliphatic heterocycles. The monoisotopic (exact) mass is 209 g/mol. The summed E-state index contributed by atoms with van der Waals surface area (Å²) in [6.45, 7) is 2.13. The summed E-state index contributed by atoms with van der Waals surface area (Å²) >= 11 is 0. The molecule has 0 radical (unpaired) electrons. The standard InChI is InChI=1S/C9H10N2PS/c1-2-9-10-11(12-13-9)8-6-4-3-5-7-8/h3-7H,2H2,1H3/q+1. The summed E-state index contributed by atoms with van der Waals surface area (Å²) in [5.41, 5.74) is 1.17. The molecule has 66 valence electrons. The second-order valence-electron chi connectivity index (χ2n) is 2.65. The Hall–Kier alpha value is -0.790. The molecule has 0 bridgehead atoms. The van der Waals surface area contributed by atoms with Crippen molar-refractivity contribution >= 4 is 18.5 Å². The molecule has 0 saturated heterocycles. The molecule has 1 aromatic carbocycles. The molecule has 0 saturated carbocycles. The van der Waals surface area contributed by atoms with Crippen LogP contribution in [0.15, 0.2) is 30.3 Å². The van der Waals surface area contributed by atoms with Crippen LogP contribution in [0, 0.1) is 0 Å². The molecule has 0 aliphatic carbocycles. The predicted molar refractivity (Wildman–Crippen MR) is 55.5 cm³/mol. The van der Waals surface area contributed by atoms with Gasteiger partial charge in [0, 0.05) is 23.7 Å². The molecule has 4 heteroatoms. The van der Waals surface area contributed by atoms with Crippen LogP contribution < -0.4 is 4.44 Å². The lowest BCUT2D eigenvalue weighted by atomic mass is 10.3. The van der Waals surface area contributed by atoms with Crippen molar-refractivity contribution in [3.63, 3.8) is 0 Å². The van der Waals surface area contributed by atoms with Gasteiger partial charge in [-0.25, -0.2) is 0 Å². The van der Waals surface area contributed by atoms with Gasteiger partial charge in [0.05, 0.1) is 0 Å². The number of rotatable bonds is 2. The quantitative estimate of drug-likeness (QED) is 0.742. The molecular weight excluding hydrogens is 199 g/mol. The molecule has 0 fully saturated rings. The average Bonchev–Trinajstić information content (AvgIpc) is 2.67. The summed E-state index contributed by atoms with van der Waals surface area (Å²) in [5, 5.41) is 5.69. The van der Waals surface area contributed by atoms with Crippen LogP contribution in [0.3, 0.4) is 0 Å². The van der Waals surface area contributed by atoms with Crippen molar-refractivity contribution < 1.29 is 4.44 Å². The van der Waals surface area contributed by atoms with Crippen molar-refractivity contribution in [3.8, 4) is 5.69 Å². The lowest BCUT2D eigenvalue weighted by molar-refractivity contribution is -0.586. The minimum atomic E-state index is 1.03. The van der Waals surface area contributed by atoms with E-state index in [2.05, 4.69) is 24.2 Å². The number of aromatic nitrogens is 2. The Labute approximate surface area is 82.8 Å². The number of hydrogen-bond donors (Lipinski definition) is 0. The van der Waals surface area contributed by atoms with E-state index in [1.165, 1.54) is 18.2 Å². The minimum Gasteiger partial charge on any atom is -0.0618 e. The maximum atomic E-state index is 4.48. The first-order chi connectivity index (χ1) is 6.40. The maximum Gasteiger partial charge on any atom is 0.352 e. The van der Waals surface area contributed by atoms with E-state index in [0.29, 0.717) is 0 Å². The Kier molecular flexibility index (Phi) is 2.67. The van der Waals surface area contributed by atoms with Crippen LogP contribution in [0.2, 0.25) is 0 Å². The van der Waals surface area contributed by atoms with Gasteiger partial charge < -0.3 is 0 Å². The minimum absolute atomic E-state index is 1.03. The van der Waals surface area contributed by atoms with Gasteiger partial charge in [-0.1, -0.05) is 25.1 Å². The molecule has 2 aromatic rings. The van der Waals surface area contributed by atoms with Gasteiger partial charge in [-0.3, -0.25) is 0 Å². The Balaban J connectivity index is 2.36. The molecule has 0 amide bonds. The van der Waals surface area contributed by atoms with Gasteiger partial charge in [-0.15, -0.1) is 0 Å². The van der Waals surface area contributed by atoms with Gasteiger partial charge >= 0.3 is 7.53 Å². The molecule has 2 rings (SSSR count). The number of nitrogens with zero attached hydrogens (tertiary/aromatic N) is 2. The normalized spacial score (nSPS) is 10.8. The lowest BCUT2D eigenvalue weighted by Gasteiger charge is -1.84. The molecule has 0 spiro atoms. The van der Waals surface area contributed by atoms with E-state index in [1.807, 2.05) is 22.6 Å². The highest BCUT2D eigenvalue weighted by Gasteiger charge is 2.11. The Morgan fingerprint density at radius 1 is 1.38 bits per heavy atom. The highest BCUT2D eigenvalue weighted by Crippen LogP contribution is 2.14. The highest BCUT2D eigenvalue weighted by molar-refractivity contribution is 7.76. The smallest absolute Gasteiger partial charge is 0.0618 e. The molecule has 1 aromatic heterocycles. The van der Waals surface area contributed by atoms with Crippen molar-refractivity contribution in [2.45, 2.75) is 13.3 Å². The molecule has 1 heterocycles. The summed E-state index contributed by atoms with van der Waals surface area (Å²) in [7, 11) is 2.99. The number of benzene rings is 1. The summed E-state index contributed by atoms with van der Waals surface area (Å²) in [5.74, 6) is 0. The topological polar surface area (TPSA) is 16.8 Å². The second kappa shape index (κ2) is 3.95. The Morgan fingerprint density at radius 3 is 2.77 bits per heavy atom. The summed E-state index contributed by atoms with van der Waals surface area (Å²) in [6, 6.07) is 10.3. The number of hydrogen-bond acceptors (Lipinski definition) is 2. The zero-order chi connectivity index (χ0) is 9.10. The first-order valence-corrected chi connectivity index (χ1v) is 6.47. The largest absolute Gasteiger partial charge is 0.352 e. The SMILES string of the molecule is CCc1n[n+](-c2ccccc2)ps1. The highest BCUT2D eigenvalue weighted by atomic mass is 32.5. The van der Waals surface area contributed by atoms with Gasteiger partial charge in [0.1, 0.15) is 0 Å². The van der Waals surface area contributed by atoms with Crippen molar-refractivity contribution in [1.29, 1.82) is 0 Å². The van der Waals surface area contributed by atoms with Crippen LogP contribution in [0.4, 0.5) is 0 Å². The number of para-hydroxylation sites is 1. The summed E-state index contributed by atoms with van der Waals surface area (Å²) in [6.07, 6.45) is 1.03. The van der Waals surface area contributed by atoms with Crippen LogP contribution in [0.25, 0.3) is 5.69 Å². The average molecular weight is 209 g/mol. The van der Waals surface area contributed by atoms with E-state index >= 15 is 0 Å². The summed E-state index contributed by atoms with van der Waals surface area (Å²) < 4.78 is 2.02. The predicted octanol–water partition coefficient (Wildman–Crippen LogP) is 2.56. The van der Waals surface area contributed by atoms with Gasteiger partial charge in [0.2, 0.25) is 5.69 Å². The van der Waals surface area contributed by atoms with E-state index in [4.69, 9.17) is 0 Å². The van der Waals surface area contributed by atoms with Crippen molar-refractivity contribution in [3.05, 3.63) is 35.3 Å². The molecule has 0 N–H and O–H groups in total. The Morgan fingerprint density at radius 2 is 2.15 bits per heavy atom. The fourth-order valence-corrected chi connectivity index (χ4v) is 3.28. The van der Waals surface area contributed by atoms with Crippen molar-refractivity contribution in [2.75, 3.05) is 0 Å². The molecule has 0 aliphatic rings. The van der Waals surface area contributed by atoms with Crippen LogP contribution in [-0.2, 0) is 6.42 Å². The van der Waals surface area contributed by atoms with Crippen LogP contribution in [0.5, 0.6) is 0 Å². The lowest BCUT2D eigenvalue weighted by Crippen LogP contribution is -2.27. The van der Waals surface area contributed by atoms with Gasteiger partial charge in [-0.2, -0.15) is 0 Å². The summed E-state index contributed by atoms with van der Waals surface area (Å²) in [4.78, 5) is 0. The van der Waals surface area contributed by atoms with E-state index in [-0.39, 0.29) is 0 Å². The van der Waals surface area contributed by atoms with Gasteiger partial charge in [0.25, 0.3) is 0 Å². The van der Waals surface area contributed by atoms with Crippen LogP contribution >= 0.6 is 18.5 Å². The van der Waals surface area contributed by atoms with Crippen LogP contribution in [0.1, 0.15) is 11.9 Å². The third-order valence-corrected chi connectivity index (χ3v) is 4.20. The third-order valence-electron chi connectivity index (χ3n) is 1.72. The van der Waals surface area contributed by atoms with E-state index in [0.717, 1.165) is 6.42 Å². The number of aryl methyl sites for hydroxylation is 1. The fourth-order valence-electron chi connectivity index (χ4n) is 1.03. The molecule has 0 unspecified atom stereocenters. The van der Waals surface area contributed by atoms with E-state index in [1.54, 1.807) is 10.9 Å². The molecular formula is C9H10N2PS+. The zero-order valence-electron chi connectivity index (χ0n) is 7.34. The Bertz CT molecular complexity index is 386. The first kappa shape index (κ1) is 8.79.